The van der Waals surface area contributed by atoms with Crippen LogP contribution in [-0.2, 0) is 7.05 Å². The summed E-state index contributed by atoms with van der Waals surface area (Å²) in [6, 6.07) is 6.84. The van der Waals surface area contributed by atoms with E-state index in [1.807, 2.05) is 37.7 Å². The van der Waals surface area contributed by atoms with Gasteiger partial charge in [0.25, 0.3) is 0 Å². The standard InChI is InChI=1S/C15H20FN3/c1-5-14(12-6-8-13(16)9-7-12)17-15-10(2)18-19(4)11(15)3/h6-9,14,17H,5H2,1-4H3. The summed E-state index contributed by atoms with van der Waals surface area (Å²) in [6.45, 7) is 6.15. The van der Waals surface area contributed by atoms with Crippen molar-refractivity contribution in [3.05, 3.63) is 47.0 Å². The van der Waals surface area contributed by atoms with E-state index in [1.165, 1.54) is 12.1 Å². The molecule has 1 N–H and O–H groups in total. The highest BCUT2D eigenvalue weighted by molar-refractivity contribution is 5.53. The van der Waals surface area contributed by atoms with Crippen LogP contribution in [0.3, 0.4) is 0 Å². The van der Waals surface area contributed by atoms with Crippen molar-refractivity contribution in [1.29, 1.82) is 0 Å². The average molecular weight is 261 g/mol. The van der Waals surface area contributed by atoms with Crippen LogP contribution in [0.25, 0.3) is 0 Å². The first kappa shape index (κ1) is 13.6. The molecule has 0 radical (unpaired) electrons. The third kappa shape index (κ3) is 2.78. The van der Waals surface area contributed by atoms with E-state index in [1.54, 1.807) is 0 Å². The topological polar surface area (TPSA) is 29.9 Å². The van der Waals surface area contributed by atoms with Gasteiger partial charge in [-0.2, -0.15) is 5.10 Å². The lowest BCUT2D eigenvalue weighted by molar-refractivity contribution is 0.625. The molecule has 4 heteroatoms. The van der Waals surface area contributed by atoms with Crippen LogP contribution in [0.2, 0.25) is 0 Å². The van der Waals surface area contributed by atoms with Crippen LogP contribution < -0.4 is 5.32 Å². The van der Waals surface area contributed by atoms with Gasteiger partial charge in [-0.1, -0.05) is 19.1 Å². The fourth-order valence-corrected chi connectivity index (χ4v) is 2.27. The number of hydrogen-bond donors (Lipinski definition) is 1. The maximum atomic E-state index is 13.0. The van der Waals surface area contributed by atoms with E-state index in [-0.39, 0.29) is 11.9 Å². The van der Waals surface area contributed by atoms with Gasteiger partial charge in [0, 0.05) is 7.05 Å². The van der Waals surface area contributed by atoms with Crippen molar-refractivity contribution < 1.29 is 4.39 Å². The molecule has 3 nitrogen and oxygen atoms in total. The van der Waals surface area contributed by atoms with Crippen molar-refractivity contribution in [2.75, 3.05) is 5.32 Å². The first-order chi connectivity index (χ1) is 9.02. The second-order valence-corrected chi connectivity index (χ2v) is 4.83. The zero-order valence-electron chi connectivity index (χ0n) is 11.9. The van der Waals surface area contributed by atoms with Gasteiger partial charge in [0.15, 0.2) is 0 Å². The number of aromatic nitrogens is 2. The Bertz CT molecular complexity index is 558. The van der Waals surface area contributed by atoms with Gasteiger partial charge in [0.05, 0.1) is 23.1 Å². The fraction of sp³-hybridized carbons (Fsp3) is 0.400. The predicted octanol–water partition coefficient (Wildman–Crippen LogP) is 3.74. The Kier molecular flexibility index (Phi) is 3.88. The number of halogens is 1. The van der Waals surface area contributed by atoms with Gasteiger partial charge in [-0.3, -0.25) is 4.68 Å². The zero-order valence-corrected chi connectivity index (χ0v) is 11.9. The summed E-state index contributed by atoms with van der Waals surface area (Å²) >= 11 is 0. The lowest BCUT2D eigenvalue weighted by Gasteiger charge is -2.19. The minimum Gasteiger partial charge on any atom is -0.375 e. The van der Waals surface area contributed by atoms with E-state index in [2.05, 4.69) is 17.3 Å². The molecule has 1 aromatic heterocycles. The Hall–Kier alpha value is -1.84. The number of nitrogens with zero attached hydrogens (tertiary/aromatic N) is 2. The summed E-state index contributed by atoms with van der Waals surface area (Å²) in [4.78, 5) is 0. The van der Waals surface area contributed by atoms with Crippen LogP contribution in [0.4, 0.5) is 10.1 Å². The van der Waals surface area contributed by atoms with Crippen molar-refractivity contribution in [3.63, 3.8) is 0 Å². The Morgan fingerprint density at radius 1 is 1.26 bits per heavy atom. The molecule has 1 aromatic carbocycles. The monoisotopic (exact) mass is 261 g/mol. The van der Waals surface area contributed by atoms with Crippen LogP contribution in [-0.4, -0.2) is 9.78 Å². The molecule has 0 spiro atoms. The summed E-state index contributed by atoms with van der Waals surface area (Å²) in [6.07, 6.45) is 0.930. The lowest BCUT2D eigenvalue weighted by atomic mass is 10.0. The molecule has 2 aromatic rings. The highest BCUT2D eigenvalue weighted by atomic mass is 19.1. The number of aryl methyl sites for hydroxylation is 2. The summed E-state index contributed by atoms with van der Waals surface area (Å²) in [5.74, 6) is -0.202. The number of anilines is 1. The largest absolute Gasteiger partial charge is 0.375 e. The molecule has 0 fully saturated rings. The number of rotatable bonds is 4. The molecule has 0 aliphatic rings. The molecule has 0 aliphatic carbocycles. The fourth-order valence-electron chi connectivity index (χ4n) is 2.27. The molecule has 0 bridgehead atoms. The smallest absolute Gasteiger partial charge is 0.123 e. The van der Waals surface area contributed by atoms with E-state index in [4.69, 9.17) is 0 Å². The van der Waals surface area contributed by atoms with Gasteiger partial charge in [0.2, 0.25) is 0 Å². The molecule has 0 saturated heterocycles. The van der Waals surface area contributed by atoms with E-state index in [0.29, 0.717) is 0 Å². The number of hydrogen-bond acceptors (Lipinski definition) is 2. The van der Waals surface area contributed by atoms with E-state index < -0.39 is 0 Å². The van der Waals surface area contributed by atoms with E-state index in [9.17, 15) is 4.39 Å². The van der Waals surface area contributed by atoms with Crippen LogP contribution in [0, 0.1) is 19.7 Å². The van der Waals surface area contributed by atoms with Gasteiger partial charge < -0.3 is 5.32 Å². The van der Waals surface area contributed by atoms with E-state index >= 15 is 0 Å². The number of benzene rings is 1. The van der Waals surface area contributed by atoms with Gasteiger partial charge >= 0.3 is 0 Å². The minimum atomic E-state index is -0.202. The normalized spacial score (nSPS) is 12.5. The van der Waals surface area contributed by atoms with Crippen molar-refractivity contribution in [1.82, 2.24) is 9.78 Å². The summed E-state index contributed by atoms with van der Waals surface area (Å²) in [7, 11) is 1.94. The molecule has 0 saturated carbocycles. The average Bonchev–Trinajstić information content (AvgIpc) is 2.63. The molecule has 102 valence electrons. The van der Waals surface area contributed by atoms with Gasteiger partial charge in [-0.15, -0.1) is 0 Å². The number of nitrogens with one attached hydrogen (secondary N) is 1. The highest BCUT2D eigenvalue weighted by Gasteiger charge is 2.15. The van der Waals surface area contributed by atoms with Crippen LogP contribution in [0.1, 0.15) is 36.3 Å². The SMILES string of the molecule is CCC(Nc1c(C)nn(C)c1C)c1ccc(F)cc1. The lowest BCUT2D eigenvalue weighted by Crippen LogP contribution is -2.11. The summed E-state index contributed by atoms with van der Waals surface area (Å²) in [5.41, 5.74) is 4.25. The maximum Gasteiger partial charge on any atom is 0.123 e. The van der Waals surface area contributed by atoms with Gasteiger partial charge in [0.1, 0.15) is 5.82 Å². The maximum absolute atomic E-state index is 13.0. The second-order valence-electron chi connectivity index (χ2n) is 4.83. The van der Waals surface area contributed by atoms with E-state index in [0.717, 1.165) is 29.1 Å². The Morgan fingerprint density at radius 2 is 1.89 bits per heavy atom. The molecule has 19 heavy (non-hydrogen) atoms. The van der Waals surface area contributed by atoms with Gasteiger partial charge in [-0.05, 0) is 38.0 Å². The Morgan fingerprint density at radius 3 is 2.37 bits per heavy atom. The molecule has 1 unspecified atom stereocenters. The minimum absolute atomic E-state index is 0.169. The Labute approximate surface area is 113 Å². The molecular weight excluding hydrogens is 241 g/mol. The molecule has 1 heterocycles. The molecule has 1 atom stereocenters. The first-order valence-electron chi connectivity index (χ1n) is 6.55. The molecule has 2 rings (SSSR count). The third-order valence-electron chi connectivity index (χ3n) is 3.51. The molecular formula is C15H20FN3. The third-order valence-corrected chi connectivity index (χ3v) is 3.51. The van der Waals surface area contributed by atoms with Crippen molar-refractivity contribution in [2.24, 2.45) is 7.05 Å². The molecule has 0 aliphatic heterocycles. The molecule has 0 amide bonds. The highest BCUT2D eigenvalue weighted by Crippen LogP contribution is 2.27. The van der Waals surface area contributed by atoms with Crippen LogP contribution >= 0.6 is 0 Å². The summed E-state index contributed by atoms with van der Waals surface area (Å²) in [5, 5.41) is 7.92. The first-order valence-corrected chi connectivity index (χ1v) is 6.55. The predicted molar refractivity (Wildman–Crippen MR) is 75.7 cm³/mol. The Balaban J connectivity index is 2.26. The van der Waals surface area contributed by atoms with Crippen LogP contribution in [0.5, 0.6) is 0 Å². The quantitative estimate of drug-likeness (QED) is 0.908. The van der Waals surface area contributed by atoms with Crippen LogP contribution in [0.15, 0.2) is 24.3 Å². The zero-order chi connectivity index (χ0) is 14.0. The van der Waals surface area contributed by atoms with Gasteiger partial charge in [-0.25, -0.2) is 4.39 Å². The van der Waals surface area contributed by atoms with Crippen molar-refractivity contribution in [2.45, 2.75) is 33.2 Å². The second kappa shape index (κ2) is 5.43. The summed E-state index contributed by atoms with van der Waals surface area (Å²) < 4.78 is 14.8. The van der Waals surface area contributed by atoms with Crippen molar-refractivity contribution >= 4 is 5.69 Å². The van der Waals surface area contributed by atoms with Crippen molar-refractivity contribution in [3.8, 4) is 0 Å².